The van der Waals surface area contributed by atoms with E-state index in [0.717, 1.165) is 0 Å². The minimum absolute atomic E-state index is 0.140. The number of nitrogens with zero attached hydrogens (tertiary/aromatic N) is 2. The summed E-state index contributed by atoms with van der Waals surface area (Å²) in [4.78, 5) is 104. The lowest BCUT2D eigenvalue weighted by molar-refractivity contribution is -0.384. The molecule has 1 aromatic carbocycles. The number of carbonyl (C=O) groups excluding carboxylic acids is 7. The van der Waals surface area contributed by atoms with Gasteiger partial charge in [0.1, 0.15) is 30.2 Å². The largest absolute Gasteiger partial charge is 0.370 e. The molecule has 2 rings (SSSR count). The van der Waals surface area contributed by atoms with E-state index in [4.69, 9.17) is 5.73 Å². The van der Waals surface area contributed by atoms with Crippen molar-refractivity contribution < 1.29 is 38.5 Å². The Hall–Kier alpha value is -5.94. The molecule has 0 saturated carbocycles. The van der Waals surface area contributed by atoms with Crippen molar-refractivity contribution in [2.24, 2.45) is 17.6 Å². The van der Waals surface area contributed by atoms with Crippen LogP contribution in [0.4, 0.5) is 11.4 Å². The number of hydrogen-bond donors (Lipinski definition) is 7. The van der Waals surface area contributed by atoms with Gasteiger partial charge in [-0.2, -0.15) is 0 Å². The van der Waals surface area contributed by atoms with E-state index in [1.165, 1.54) is 62.6 Å². The van der Waals surface area contributed by atoms with Crippen molar-refractivity contribution in [1.82, 2.24) is 31.6 Å². The number of nitrogens with one attached hydrogen (secondary N) is 6. The van der Waals surface area contributed by atoms with E-state index in [2.05, 4.69) is 36.9 Å². The highest BCUT2D eigenvalue weighted by Crippen LogP contribution is 2.15. The van der Waals surface area contributed by atoms with E-state index >= 15 is 0 Å². The monoisotopic (exact) mass is 711 g/mol. The second-order valence-electron chi connectivity index (χ2n) is 12.5. The zero-order valence-corrected chi connectivity index (χ0v) is 29.2. The lowest BCUT2D eigenvalue weighted by atomic mass is 9.98. The lowest BCUT2D eigenvalue weighted by Crippen LogP contribution is -2.60. The first kappa shape index (κ1) is 41.2. The van der Waals surface area contributed by atoms with Gasteiger partial charge in [0.2, 0.25) is 35.4 Å². The number of aromatic nitrogens is 1. The average Bonchev–Trinajstić information content (AvgIpc) is 3.07. The van der Waals surface area contributed by atoms with Crippen LogP contribution in [0.15, 0.2) is 48.8 Å². The molecule has 5 atom stereocenters. The predicted molar refractivity (Wildman–Crippen MR) is 184 cm³/mol. The molecule has 0 aliphatic carbocycles. The quantitative estimate of drug-likeness (QED) is 0.0820. The molecule has 0 fully saturated rings. The number of nitro groups is 1. The summed E-state index contributed by atoms with van der Waals surface area (Å²) in [5.74, 6) is -5.75. The molecule has 1 heterocycles. The number of anilines is 1. The number of carbonyl (C=O) groups is 7. The first-order chi connectivity index (χ1) is 23.9. The van der Waals surface area contributed by atoms with Crippen LogP contribution in [0.25, 0.3) is 0 Å². The molecule has 7 amide bonds. The van der Waals surface area contributed by atoms with E-state index in [1.54, 1.807) is 27.7 Å². The highest BCUT2D eigenvalue weighted by Gasteiger charge is 2.33. The predicted octanol–water partition coefficient (Wildman–Crippen LogP) is 0.283. The topological polar surface area (TPSA) is 274 Å². The summed E-state index contributed by atoms with van der Waals surface area (Å²) in [5, 5.41) is 26.2. The number of non-ortho nitro benzene ring substituents is 1. The van der Waals surface area contributed by atoms with Gasteiger partial charge in [-0.3, -0.25) is 48.7 Å². The molecule has 1 aromatic heterocycles. The van der Waals surface area contributed by atoms with Crippen molar-refractivity contribution in [3.05, 3.63) is 64.5 Å². The molecule has 51 heavy (non-hydrogen) atoms. The van der Waals surface area contributed by atoms with Gasteiger partial charge in [-0.1, -0.05) is 27.7 Å². The molecule has 18 nitrogen and oxygen atoms in total. The molecular formula is C33H45N9O9. The standard InChI is InChI=1S/C33H45N9O9/c1-17(2)26(32(48)37-19(5)28(44)36-20(6)29(45)38-22-7-9-23(10-8-22)42(50)51)41-33(49)27(18(3)4)40-31(47)24(11-12-25(34)43)39-30(46)21-13-15-35-16-14-21/h7-10,13-20,24,26-27H,11-12H2,1-6H3,(H2,34,43)(H,36,44)(H,37,48)(H,38,45)(H,39,46)(H,40,47)(H,41,49)/t19-,20-,24-,26+,27-/m0/s1. The van der Waals surface area contributed by atoms with Gasteiger partial charge in [0.25, 0.3) is 11.6 Å². The molecule has 8 N–H and O–H groups in total. The summed E-state index contributed by atoms with van der Waals surface area (Å²) >= 11 is 0. The molecule has 2 aromatic rings. The Morgan fingerprint density at radius 2 is 1.18 bits per heavy atom. The first-order valence-electron chi connectivity index (χ1n) is 16.2. The zero-order valence-electron chi connectivity index (χ0n) is 29.2. The number of nitro benzene ring substituents is 1. The second-order valence-corrected chi connectivity index (χ2v) is 12.5. The molecule has 0 saturated heterocycles. The van der Waals surface area contributed by atoms with Crippen molar-refractivity contribution in [2.45, 2.75) is 84.6 Å². The molecule has 0 radical (unpaired) electrons. The second kappa shape index (κ2) is 19.3. The normalized spacial score (nSPS) is 13.8. The third-order valence-electron chi connectivity index (χ3n) is 7.59. The molecular weight excluding hydrogens is 666 g/mol. The van der Waals surface area contributed by atoms with E-state index in [1.807, 2.05) is 0 Å². The Balaban J connectivity index is 2.05. The summed E-state index contributed by atoms with van der Waals surface area (Å²) in [7, 11) is 0. The molecule has 0 spiro atoms. The van der Waals surface area contributed by atoms with Crippen LogP contribution >= 0.6 is 0 Å². The molecule has 0 aliphatic heterocycles. The van der Waals surface area contributed by atoms with Crippen LogP contribution in [-0.2, 0) is 28.8 Å². The van der Waals surface area contributed by atoms with Gasteiger partial charge in [-0.25, -0.2) is 0 Å². The van der Waals surface area contributed by atoms with E-state index in [9.17, 15) is 43.7 Å². The van der Waals surface area contributed by atoms with Crippen LogP contribution in [0.3, 0.4) is 0 Å². The van der Waals surface area contributed by atoms with Crippen molar-refractivity contribution >= 4 is 52.7 Å². The van der Waals surface area contributed by atoms with Crippen LogP contribution in [0.1, 0.15) is 64.7 Å². The number of rotatable bonds is 18. The SMILES string of the molecule is CC(C)[C@H](NC(=O)[C@H](CCC(N)=O)NC(=O)c1ccncc1)C(=O)N[C@@H](C(=O)N[C@@H](C)C(=O)N[C@@H](C)C(=O)Nc1ccc([N+](=O)[O-])cc1)C(C)C. The number of hydrogen-bond acceptors (Lipinski definition) is 10. The first-order valence-corrected chi connectivity index (χ1v) is 16.2. The fourth-order valence-electron chi connectivity index (χ4n) is 4.56. The van der Waals surface area contributed by atoms with E-state index in [0.29, 0.717) is 0 Å². The number of benzene rings is 1. The van der Waals surface area contributed by atoms with Crippen LogP contribution in [0.2, 0.25) is 0 Å². The Kier molecular flexibility index (Phi) is 15.6. The van der Waals surface area contributed by atoms with Crippen molar-refractivity contribution in [2.75, 3.05) is 5.32 Å². The minimum atomic E-state index is -1.23. The highest BCUT2D eigenvalue weighted by molar-refractivity contribution is 6.00. The molecule has 276 valence electrons. The van der Waals surface area contributed by atoms with Crippen LogP contribution in [-0.4, -0.2) is 81.5 Å². The third kappa shape index (κ3) is 13.1. The van der Waals surface area contributed by atoms with Gasteiger partial charge in [0.05, 0.1) is 4.92 Å². The van der Waals surface area contributed by atoms with Gasteiger partial charge in [-0.15, -0.1) is 0 Å². The van der Waals surface area contributed by atoms with Gasteiger partial charge in [-0.05, 0) is 56.4 Å². The Morgan fingerprint density at radius 3 is 1.69 bits per heavy atom. The fourth-order valence-corrected chi connectivity index (χ4v) is 4.56. The Morgan fingerprint density at radius 1 is 0.686 bits per heavy atom. The maximum atomic E-state index is 13.5. The number of amides is 7. The average molecular weight is 712 g/mol. The van der Waals surface area contributed by atoms with Gasteiger partial charge < -0.3 is 37.6 Å². The van der Waals surface area contributed by atoms with E-state index < -0.39 is 88.3 Å². The highest BCUT2D eigenvalue weighted by atomic mass is 16.6. The maximum Gasteiger partial charge on any atom is 0.269 e. The smallest absolute Gasteiger partial charge is 0.269 e. The summed E-state index contributed by atoms with van der Waals surface area (Å²) in [6, 6.07) is 2.25. The molecule has 0 bridgehead atoms. The van der Waals surface area contributed by atoms with Crippen molar-refractivity contribution in [1.29, 1.82) is 0 Å². The summed E-state index contributed by atoms with van der Waals surface area (Å²) in [6.45, 7) is 9.45. The minimum Gasteiger partial charge on any atom is -0.370 e. The summed E-state index contributed by atoms with van der Waals surface area (Å²) < 4.78 is 0. The number of nitrogens with two attached hydrogens (primary N) is 1. The molecule has 0 aliphatic rings. The Bertz CT molecular complexity index is 1580. The zero-order chi connectivity index (χ0) is 38.4. The van der Waals surface area contributed by atoms with Crippen LogP contribution in [0.5, 0.6) is 0 Å². The van der Waals surface area contributed by atoms with Gasteiger partial charge in [0, 0.05) is 42.2 Å². The van der Waals surface area contributed by atoms with Crippen LogP contribution < -0.4 is 37.6 Å². The summed E-state index contributed by atoms with van der Waals surface area (Å²) in [6.07, 6.45) is 2.43. The van der Waals surface area contributed by atoms with Gasteiger partial charge in [0.15, 0.2) is 0 Å². The summed E-state index contributed by atoms with van der Waals surface area (Å²) in [5.41, 5.74) is 5.60. The van der Waals surface area contributed by atoms with Crippen molar-refractivity contribution in [3.8, 4) is 0 Å². The number of pyridine rings is 1. The lowest BCUT2D eigenvalue weighted by Gasteiger charge is -2.29. The van der Waals surface area contributed by atoms with Crippen molar-refractivity contribution in [3.63, 3.8) is 0 Å². The van der Waals surface area contributed by atoms with Gasteiger partial charge >= 0.3 is 0 Å². The molecule has 0 unspecified atom stereocenters. The van der Waals surface area contributed by atoms with E-state index in [-0.39, 0.29) is 29.8 Å². The number of primary amides is 1. The Labute approximate surface area is 294 Å². The maximum absolute atomic E-state index is 13.5. The third-order valence-corrected chi connectivity index (χ3v) is 7.59. The van der Waals surface area contributed by atoms with Crippen LogP contribution in [0, 0.1) is 22.0 Å². The fraction of sp³-hybridized carbons (Fsp3) is 0.455. The molecule has 18 heteroatoms.